The van der Waals surface area contributed by atoms with Gasteiger partial charge in [0.25, 0.3) is 0 Å². The van der Waals surface area contributed by atoms with Crippen molar-refractivity contribution < 1.29 is 9.90 Å². The highest BCUT2D eigenvalue weighted by Crippen LogP contribution is 2.18. The predicted molar refractivity (Wildman–Crippen MR) is 105 cm³/mol. The Hall–Kier alpha value is -1.60. The third-order valence-corrected chi connectivity index (χ3v) is 5.22. The van der Waals surface area contributed by atoms with E-state index in [9.17, 15) is 9.90 Å². The first-order valence-electron chi connectivity index (χ1n) is 8.15. The van der Waals surface area contributed by atoms with Gasteiger partial charge in [-0.25, -0.2) is 0 Å². The first-order valence-corrected chi connectivity index (χ1v) is 9.22. The molecule has 0 bridgehead atoms. The van der Waals surface area contributed by atoms with Crippen molar-refractivity contribution in [2.45, 2.75) is 12.5 Å². The molecule has 0 saturated carbocycles. The quantitative estimate of drug-likeness (QED) is 0.732. The number of aliphatic carboxylic acids is 1. The Kier molecular flexibility index (Phi) is 5.73. The van der Waals surface area contributed by atoms with Gasteiger partial charge in [0.2, 0.25) is 0 Å². The predicted octanol–water partition coefficient (Wildman–Crippen LogP) is 3.11. The van der Waals surface area contributed by atoms with Crippen LogP contribution in [0.5, 0.6) is 0 Å². The van der Waals surface area contributed by atoms with Gasteiger partial charge in [0.05, 0.1) is 0 Å². The molecule has 5 heteroatoms. The molecule has 1 saturated heterocycles. The maximum Gasteiger partial charge on any atom is 0.321 e. The van der Waals surface area contributed by atoms with Crippen LogP contribution in [0.1, 0.15) is 5.56 Å². The third-order valence-electron chi connectivity index (χ3n) is 4.50. The zero-order valence-corrected chi connectivity index (χ0v) is 15.6. The van der Waals surface area contributed by atoms with E-state index in [0.29, 0.717) is 6.42 Å². The lowest BCUT2D eigenvalue weighted by Crippen LogP contribution is -2.53. The van der Waals surface area contributed by atoms with Gasteiger partial charge in [-0.1, -0.05) is 30.3 Å². The minimum atomic E-state index is -0.735. The minimum absolute atomic E-state index is 0.456. The van der Waals surface area contributed by atoms with Gasteiger partial charge in [0.15, 0.2) is 0 Å². The Balaban J connectivity index is 1.63. The molecule has 1 unspecified atom stereocenters. The second-order valence-corrected chi connectivity index (χ2v) is 7.29. The Morgan fingerprint density at radius 3 is 2.21 bits per heavy atom. The van der Waals surface area contributed by atoms with E-state index in [2.05, 4.69) is 44.5 Å². The van der Waals surface area contributed by atoms with E-state index in [-0.39, 0.29) is 0 Å². The van der Waals surface area contributed by atoms with Gasteiger partial charge in [-0.2, -0.15) is 0 Å². The van der Waals surface area contributed by atoms with Crippen LogP contribution in [-0.4, -0.2) is 48.2 Å². The number of benzene rings is 2. The number of nitrogens with zero attached hydrogens (tertiary/aromatic N) is 2. The lowest BCUT2D eigenvalue weighted by Gasteiger charge is -2.38. The molecule has 1 N–H and O–H groups in total. The molecule has 1 atom stereocenters. The number of piperazine rings is 1. The molecular weight excluding hydrogens is 415 g/mol. The Bertz CT molecular complexity index is 668. The maximum absolute atomic E-state index is 11.8. The van der Waals surface area contributed by atoms with E-state index >= 15 is 0 Å². The van der Waals surface area contributed by atoms with E-state index in [1.54, 1.807) is 0 Å². The third kappa shape index (κ3) is 4.27. The fraction of sp³-hybridized carbons (Fsp3) is 0.316. The van der Waals surface area contributed by atoms with Crippen molar-refractivity contribution >= 4 is 34.2 Å². The highest BCUT2D eigenvalue weighted by atomic mass is 127. The van der Waals surface area contributed by atoms with Crippen LogP contribution in [0, 0.1) is 3.57 Å². The molecule has 1 heterocycles. The number of halogens is 1. The van der Waals surface area contributed by atoms with Crippen molar-refractivity contribution in [1.29, 1.82) is 0 Å². The van der Waals surface area contributed by atoms with Gasteiger partial charge in [0, 0.05) is 35.4 Å². The van der Waals surface area contributed by atoms with E-state index in [1.807, 2.05) is 42.5 Å². The lowest BCUT2D eigenvalue weighted by molar-refractivity contribution is -0.143. The number of anilines is 1. The molecular formula is C19H21IN2O2. The van der Waals surface area contributed by atoms with E-state index in [0.717, 1.165) is 31.7 Å². The molecule has 4 nitrogen and oxygen atoms in total. The molecule has 0 radical (unpaired) electrons. The highest BCUT2D eigenvalue weighted by molar-refractivity contribution is 14.1. The number of carbonyl (C=O) groups is 1. The van der Waals surface area contributed by atoms with Gasteiger partial charge in [-0.15, -0.1) is 0 Å². The summed E-state index contributed by atoms with van der Waals surface area (Å²) in [5, 5.41) is 9.67. The SMILES string of the molecule is O=C(O)C(Cc1ccc(I)cc1)N1CCN(c2ccccc2)CC1. The van der Waals surface area contributed by atoms with E-state index < -0.39 is 12.0 Å². The molecule has 24 heavy (non-hydrogen) atoms. The number of carboxylic acid groups (broad SMARTS) is 1. The molecule has 3 rings (SSSR count). The van der Waals surface area contributed by atoms with Crippen LogP contribution in [0.15, 0.2) is 54.6 Å². The minimum Gasteiger partial charge on any atom is -0.480 e. The molecule has 0 amide bonds. The van der Waals surface area contributed by atoms with Crippen molar-refractivity contribution in [3.05, 3.63) is 63.7 Å². The summed E-state index contributed by atoms with van der Waals surface area (Å²) in [6.45, 7) is 3.27. The molecule has 1 aliphatic rings. The summed E-state index contributed by atoms with van der Waals surface area (Å²) >= 11 is 2.26. The summed E-state index contributed by atoms with van der Waals surface area (Å²) in [7, 11) is 0. The fourth-order valence-corrected chi connectivity index (χ4v) is 3.51. The van der Waals surface area contributed by atoms with E-state index in [1.165, 1.54) is 9.26 Å². The normalized spacial score (nSPS) is 16.8. The van der Waals surface area contributed by atoms with Crippen molar-refractivity contribution in [2.75, 3.05) is 31.1 Å². The van der Waals surface area contributed by atoms with Crippen LogP contribution in [0.3, 0.4) is 0 Å². The Labute approximate surface area is 156 Å². The van der Waals surface area contributed by atoms with Crippen molar-refractivity contribution in [3.8, 4) is 0 Å². The van der Waals surface area contributed by atoms with Crippen LogP contribution in [0.25, 0.3) is 0 Å². The first-order chi connectivity index (χ1) is 11.6. The van der Waals surface area contributed by atoms with Crippen LogP contribution in [-0.2, 0) is 11.2 Å². The van der Waals surface area contributed by atoms with Gasteiger partial charge < -0.3 is 10.0 Å². The molecule has 2 aromatic rings. The number of para-hydroxylation sites is 1. The lowest BCUT2D eigenvalue weighted by atomic mass is 10.0. The molecule has 0 spiro atoms. The zero-order valence-electron chi connectivity index (χ0n) is 13.4. The van der Waals surface area contributed by atoms with Crippen LogP contribution in [0.4, 0.5) is 5.69 Å². The average molecular weight is 436 g/mol. The second kappa shape index (κ2) is 7.98. The van der Waals surface area contributed by atoms with Crippen molar-refractivity contribution in [1.82, 2.24) is 4.90 Å². The first kappa shape index (κ1) is 17.2. The Morgan fingerprint density at radius 2 is 1.62 bits per heavy atom. The molecule has 0 aromatic heterocycles. The van der Waals surface area contributed by atoms with Crippen molar-refractivity contribution in [2.24, 2.45) is 0 Å². The molecule has 1 fully saturated rings. The molecule has 1 aliphatic heterocycles. The number of hydrogen-bond acceptors (Lipinski definition) is 3. The number of carboxylic acids is 1. The van der Waals surface area contributed by atoms with E-state index in [4.69, 9.17) is 0 Å². The Morgan fingerprint density at radius 1 is 1.00 bits per heavy atom. The summed E-state index contributed by atoms with van der Waals surface area (Å²) in [5.74, 6) is -0.735. The molecule has 126 valence electrons. The monoisotopic (exact) mass is 436 g/mol. The van der Waals surface area contributed by atoms with Gasteiger partial charge >= 0.3 is 5.97 Å². The maximum atomic E-state index is 11.8. The standard InChI is InChI=1S/C19H21IN2O2/c20-16-8-6-15(7-9-16)14-18(19(23)24)22-12-10-21(11-13-22)17-4-2-1-3-5-17/h1-9,18H,10-14H2,(H,23,24). The van der Waals surface area contributed by atoms with Gasteiger partial charge in [-0.05, 0) is 58.8 Å². The van der Waals surface area contributed by atoms with Gasteiger partial charge in [-0.3, -0.25) is 9.69 Å². The summed E-state index contributed by atoms with van der Waals surface area (Å²) in [6, 6.07) is 18.0. The molecule has 0 aliphatic carbocycles. The largest absolute Gasteiger partial charge is 0.480 e. The summed E-state index contributed by atoms with van der Waals surface area (Å²) in [5.41, 5.74) is 2.29. The summed E-state index contributed by atoms with van der Waals surface area (Å²) in [4.78, 5) is 16.2. The number of rotatable bonds is 5. The second-order valence-electron chi connectivity index (χ2n) is 6.04. The number of hydrogen-bond donors (Lipinski definition) is 1. The summed E-state index contributed by atoms with van der Waals surface area (Å²) in [6.07, 6.45) is 0.553. The zero-order chi connectivity index (χ0) is 16.9. The smallest absolute Gasteiger partial charge is 0.321 e. The van der Waals surface area contributed by atoms with Crippen LogP contribution < -0.4 is 4.90 Å². The van der Waals surface area contributed by atoms with Crippen molar-refractivity contribution in [3.63, 3.8) is 0 Å². The van der Waals surface area contributed by atoms with Crippen LogP contribution in [0.2, 0.25) is 0 Å². The average Bonchev–Trinajstić information content (AvgIpc) is 2.62. The highest BCUT2D eigenvalue weighted by Gasteiger charge is 2.29. The molecule has 2 aromatic carbocycles. The summed E-state index contributed by atoms with van der Waals surface area (Å²) < 4.78 is 1.17. The fourth-order valence-electron chi connectivity index (χ4n) is 3.15. The van der Waals surface area contributed by atoms with Crippen LogP contribution >= 0.6 is 22.6 Å². The van der Waals surface area contributed by atoms with Gasteiger partial charge in [0.1, 0.15) is 6.04 Å². The topological polar surface area (TPSA) is 43.8 Å².